The summed E-state index contributed by atoms with van der Waals surface area (Å²) in [6, 6.07) is 24.0. The third-order valence-corrected chi connectivity index (χ3v) is 8.96. The van der Waals surface area contributed by atoms with Gasteiger partial charge in [0.2, 0.25) is 20.0 Å². The SMILES string of the molecule is Cc1[nH]n(-c2ccccc2)c(=O)c1N=Nc1cc(S(N)(=O)=O)ccc1[O-].Cc1[nH]n(-c2ccccc2)c(=O)c1N=Nc1cc(S(N)(=O)=O)ccc1[O-].[Cr].[Na+]. The minimum absolute atomic E-state index is 0. The zero-order valence-electron chi connectivity index (χ0n) is 28.6. The van der Waals surface area contributed by atoms with Gasteiger partial charge in [0.1, 0.15) is 0 Å². The molecule has 0 aliphatic rings. The van der Waals surface area contributed by atoms with Gasteiger partial charge < -0.3 is 10.2 Å². The van der Waals surface area contributed by atoms with Crippen LogP contribution in [0.15, 0.2) is 137 Å². The van der Waals surface area contributed by atoms with Crippen molar-refractivity contribution < 1.29 is 74.0 Å². The number of hydrogen-bond acceptors (Lipinski definition) is 12. The van der Waals surface area contributed by atoms with E-state index >= 15 is 0 Å². The van der Waals surface area contributed by atoms with Crippen molar-refractivity contribution in [3.05, 3.63) is 129 Å². The Morgan fingerprint density at radius 2 is 0.907 bits per heavy atom. The molecule has 18 nitrogen and oxygen atoms in total. The van der Waals surface area contributed by atoms with Crippen molar-refractivity contribution in [2.75, 3.05) is 0 Å². The fourth-order valence-electron chi connectivity index (χ4n) is 4.54. The molecule has 0 saturated carbocycles. The first kappa shape index (κ1) is 43.5. The summed E-state index contributed by atoms with van der Waals surface area (Å²) < 4.78 is 48.1. The topological polar surface area (TPSA) is 291 Å². The molecular weight excluding hydrogens is 792 g/mol. The van der Waals surface area contributed by atoms with Gasteiger partial charge >= 0.3 is 29.6 Å². The van der Waals surface area contributed by atoms with Crippen molar-refractivity contribution in [1.82, 2.24) is 19.6 Å². The summed E-state index contributed by atoms with van der Waals surface area (Å²) >= 11 is 0. The van der Waals surface area contributed by atoms with E-state index in [4.69, 9.17) is 10.3 Å². The van der Waals surface area contributed by atoms with Crippen LogP contribution >= 0.6 is 0 Å². The van der Waals surface area contributed by atoms with Gasteiger partial charge in [0.05, 0.1) is 43.9 Å². The summed E-state index contributed by atoms with van der Waals surface area (Å²) in [7, 11) is -7.97. The van der Waals surface area contributed by atoms with Crippen LogP contribution in [0.4, 0.5) is 22.7 Å². The van der Waals surface area contributed by atoms with Crippen LogP contribution in [0.5, 0.6) is 11.5 Å². The second kappa shape index (κ2) is 17.9. The number of nitrogens with one attached hydrogen (secondary N) is 2. The van der Waals surface area contributed by atoms with Crippen LogP contribution in [0.25, 0.3) is 11.4 Å². The molecule has 0 saturated heterocycles. The van der Waals surface area contributed by atoms with E-state index in [-0.39, 0.29) is 79.5 Å². The summed E-state index contributed by atoms with van der Waals surface area (Å²) in [5.74, 6) is -1.09. The fourth-order valence-corrected chi connectivity index (χ4v) is 5.61. The second-order valence-corrected chi connectivity index (χ2v) is 14.0. The van der Waals surface area contributed by atoms with Crippen molar-refractivity contribution >= 4 is 42.8 Å². The Kier molecular flexibility index (Phi) is 14.4. The van der Waals surface area contributed by atoms with Crippen LogP contribution in [-0.4, -0.2) is 36.4 Å². The van der Waals surface area contributed by atoms with Crippen LogP contribution in [0.1, 0.15) is 11.4 Å². The quantitative estimate of drug-likeness (QED) is 0.121. The van der Waals surface area contributed by atoms with E-state index < -0.39 is 42.7 Å². The van der Waals surface area contributed by atoms with E-state index in [0.29, 0.717) is 22.8 Å². The monoisotopic (exact) mass is 819 g/mol. The first-order chi connectivity index (χ1) is 24.5. The van der Waals surface area contributed by atoms with Crippen LogP contribution in [-0.2, 0) is 37.4 Å². The van der Waals surface area contributed by atoms with Crippen LogP contribution < -0.4 is 61.2 Å². The number of nitrogens with zero attached hydrogens (tertiary/aromatic N) is 6. The fraction of sp³-hybridized carbons (Fsp3) is 0.0625. The molecule has 0 atom stereocenters. The summed E-state index contributed by atoms with van der Waals surface area (Å²) in [5, 5.41) is 54.6. The Balaban J connectivity index is 0.000000280. The van der Waals surface area contributed by atoms with Gasteiger partial charge in [-0.3, -0.25) is 19.8 Å². The van der Waals surface area contributed by atoms with Crippen molar-refractivity contribution in [3.8, 4) is 22.9 Å². The number of aromatic nitrogens is 4. The van der Waals surface area contributed by atoms with Gasteiger partial charge in [0.25, 0.3) is 11.1 Å². The predicted octanol–water partition coefficient (Wildman–Crippen LogP) is 0.222. The summed E-state index contributed by atoms with van der Waals surface area (Å²) in [6.07, 6.45) is 0. The molecule has 0 fully saturated rings. The van der Waals surface area contributed by atoms with E-state index in [1.807, 2.05) is 12.1 Å². The van der Waals surface area contributed by atoms with Gasteiger partial charge in [0, 0.05) is 17.4 Å². The molecule has 6 aromatic rings. The molecule has 6 N–H and O–H groups in total. The Morgan fingerprint density at radius 1 is 0.574 bits per heavy atom. The van der Waals surface area contributed by atoms with Crippen LogP contribution in [0.3, 0.4) is 0 Å². The van der Waals surface area contributed by atoms with Crippen molar-refractivity contribution in [1.29, 1.82) is 0 Å². The van der Waals surface area contributed by atoms with Gasteiger partial charge in [-0.2, -0.15) is 10.2 Å². The molecule has 2 heterocycles. The average molecular weight is 820 g/mol. The van der Waals surface area contributed by atoms with Crippen LogP contribution in [0, 0.1) is 13.8 Å². The second-order valence-electron chi connectivity index (χ2n) is 10.9. The zero-order valence-corrected chi connectivity index (χ0v) is 33.5. The maximum absolute atomic E-state index is 12.5. The van der Waals surface area contributed by atoms with Gasteiger partial charge in [-0.25, -0.2) is 36.5 Å². The number of para-hydroxylation sites is 2. The van der Waals surface area contributed by atoms with Gasteiger partial charge in [-0.15, -0.1) is 10.2 Å². The van der Waals surface area contributed by atoms with Gasteiger partial charge in [0.15, 0.2) is 11.4 Å². The minimum atomic E-state index is -3.99. The maximum Gasteiger partial charge on any atom is 1.00 e. The Bertz CT molecular complexity index is 2490. The molecule has 54 heavy (non-hydrogen) atoms. The Hall–Kier alpha value is -4.95. The Labute approximate surface area is 340 Å². The zero-order chi connectivity index (χ0) is 37.8. The normalized spacial score (nSPS) is 11.5. The van der Waals surface area contributed by atoms with Crippen LogP contribution in [0.2, 0.25) is 0 Å². The summed E-state index contributed by atoms with van der Waals surface area (Å²) in [5.41, 5.74) is 0.759. The van der Waals surface area contributed by atoms with Crippen molar-refractivity contribution in [2.24, 2.45) is 30.7 Å². The molecule has 22 heteroatoms. The van der Waals surface area contributed by atoms with E-state index in [1.54, 1.807) is 62.4 Å². The van der Waals surface area contributed by atoms with Crippen molar-refractivity contribution in [2.45, 2.75) is 23.6 Å². The summed E-state index contributed by atoms with van der Waals surface area (Å²) in [6.45, 7) is 3.27. The third-order valence-electron chi connectivity index (χ3n) is 7.14. The molecule has 0 amide bonds. The number of nitrogens with two attached hydrogens (primary N) is 2. The first-order valence-electron chi connectivity index (χ1n) is 14.8. The van der Waals surface area contributed by atoms with E-state index in [1.165, 1.54) is 9.36 Å². The van der Waals surface area contributed by atoms with E-state index in [2.05, 4.69) is 30.7 Å². The number of H-pyrrole nitrogens is 2. The number of benzene rings is 4. The molecule has 0 aliphatic heterocycles. The summed E-state index contributed by atoms with van der Waals surface area (Å²) in [4.78, 5) is 24.5. The number of hydrogen-bond donors (Lipinski definition) is 4. The molecule has 0 spiro atoms. The molecule has 2 aromatic heterocycles. The van der Waals surface area contributed by atoms with Gasteiger partial charge in [-0.05, 0) is 62.4 Å². The van der Waals surface area contributed by atoms with E-state index in [9.17, 15) is 36.6 Å². The molecule has 274 valence electrons. The van der Waals surface area contributed by atoms with Gasteiger partial charge in [-0.1, -0.05) is 60.0 Å². The molecule has 6 rings (SSSR count). The maximum atomic E-state index is 12.5. The van der Waals surface area contributed by atoms with E-state index in [0.717, 1.165) is 36.4 Å². The molecule has 0 radical (unpaired) electrons. The molecule has 4 aromatic carbocycles. The average Bonchev–Trinajstić information content (AvgIpc) is 3.56. The predicted molar refractivity (Wildman–Crippen MR) is 185 cm³/mol. The number of rotatable bonds is 8. The number of aromatic amines is 2. The number of primary sulfonamides is 2. The smallest absolute Gasteiger partial charge is 0.871 e. The number of sulfonamides is 2. The Morgan fingerprint density at radius 3 is 1.22 bits per heavy atom. The number of aryl methyl sites for hydroxylation is 2. The first-order valence-corrected chi connectivity index (χ1v) is 17.9. The van der Waals surface area contributed by atoms with Crippen molar-refractivity contribution in [3.63, 3.8) is 0 Å². The molecule has 0 bridgehead atoms. The minimum Gasteiger partial charge on any atom is -0.871 e. The molecule has 0 unspecified atom stereocenters. The number of azo groups is 2. The standard InChI is InChI=1S/2C16H15N5O4S.Cr.Na/c2*1-10-15(16(23)21(20-10)11-5-3-2-4-6-11)19-18-13-9-12(26(17,24)25)7-8-14(13)22;;/h2*2-9,20,22H,1H3,(H2,17,24,25);;/q;;;+1/p-2. The molecular formula is C32H28CrN10NaO8S2-. The largest absolute Gasteiger partial charge is 1.00 e. The molecule has 0 aliphatic carbocycles. The third kappa shape index (κ3) is 10.2.